The standard InChI is InChI=1S/C8H15NO2/c1-2-3-4-8(7-10)5-6-9-11/h2-3,8,10H,4-7H2,1H3/b3-2-. The molecule has 0 aromatic rings. The summed E-state index contributed by atoms with van der Waals surface area (Å²) < 4.78 is 0. The summed E-state index contributed by atoms with van der Waals surface area (Å²) in [6.07, 6.45) is 5.45. The van der Waals surface area contributed by atoms with Crippen molar-refractivity contribution in [3.05, 3.63) is 17.1 Å². The first-order valence-electron chi connectivity index (χ1n) is 3.86. The minimum atomic E-state index is 0.139. The molecule has 0 heterocycles. The third-order valence-corrected chi connectivity index (χ3v) is 1.59. The molecule has 0 aromatic heterocycles. The van der Waals surface area contributed by atoms with Crippen LogP contribution in [0.1, 0.15) is 19.8 Å². The lowest BCUT2D eigenvalue weighted by Crippen LogP contribution is -2.06. The van der Waals surface area contributed by atoms with Crippen LogP contribution in [0.2, 0.25) is 0 Å². The summed E-state index contributed by atoms with van der Waals surface area (Å²) in [7, 11) is 0. The fourth-order valence-corrected chi connectivity index (χ4v) is 0.847. The first-order valence-corrected chi connectivity index (χ1v) is 3.86. The van der Waals surface area contributed by atoms with Gasteiger partial charge in [0, 0.05) is 6.61 Å². The number of allylic oxidation sites excluding steroid dienone is 2. The van der Waals surface area contributed by atoms with Gasteiger partial charge in [0.15, 0.2) is 0 Å². The largest absolute Gasteiger partial charge is 0.396 e. The minimum Gasteiger partial charge on any atom is -0.396 e. The number of hydrogen-bond acceptors (Lipinski definition) is 3. The van der Waals surface area contributed by atoms with Crippen molar-refractivity contribution in [2.75, 3.05) is 13.2 Å². The van der Waals surface area contributed by atoms with Crippen molar-refractivity contribution in [2.24, 2.45) is 11.1 Å². The average Bonchev–Trinajstić information content (AvgIpc) is 2.05. The molecule has 3 heteroatoms. The number of aliphatic hydroxyl groups excluding tert-OH is 1. The Bertz CT molecular complexity index is 123. The molecule has 3 nitrogen and oxygen atoms in total. The smallest absolute Gasteiger partial charge is 0.0814 e. The predicted molar refractivity (Wildman–Crippen MR) is 45.3 cm³/mol. The Balaban J connectivity index is 3.48. The van der Waals surface area contributed by atoms with E-state index in [0.29, 0.717) is 13.0 Å². The number of nitroso groups, excluding NO2 is 1. The summed E-state index contributed by atoms with van der Waals surface area (Å²) in [6, 6.07) is 0. The average molecular weight is 157 g/mol. The fourth-order valence-electron chi connectivity index (χ4n) is 0.847. The van der Waals surface area contributed by atoms with E-state index < -0.39 is 0 Å². The summed E-state index contributed by atoms with van der Waals surface area (Å²) >= 11 is 0. The first kappa shape index (κ1) is 10.3. The van der Waals surface area contributed by atoms with Crippen LogP contribution in [0.5, 0.6) is 0 Å². The van der Waals surface area contributed by atoms with Gasteiger partial charge >= 0.3 is 0 Å². The Morgan fingerprint density at radius 1 is 1.64 bits per heavy atom. The van der Waals surface area contributed by atoms with Crippen LogP contribution in [0.15, 0.2) is 17.3 Å². The Labute approximate surface area is 67.1 Å². The van der Waals surface area contributed by atoms with Crippen LogP contribution in [0.3, 0.4) is 0 Å². The molecule has 1 N–H and O–H groups in total. The van der Waals surface area contributed by atoms with E-state index in [1.165, 1.54) is 0 Å². The van der Waals surface area contributed by atoms with E-state index in [1.807, 2.05) is 19.1 Å². The zero-order valence-electron chi connectivity index (χ0n) is 6.86. The molecule has 0 aliphatic heterocycles. The van der Waals surface area contributed by atoms with E-state index in [0.717, 1.165) is 6.42 Å². The molecule has 11 heavy (non-hydrogen) atoms. The Morgan fingerprint density at radius 3 is 2.82 bits per heavy atom. The number of rotatable bonds is 6. The summed E-state index contributed by atoms with van der Waals surface area (Å²) in [5, 5.41) is 11.5. The first-order chi connectivity index (χ1) is 5.35. The normalized spacial score (nSPS) is 13.6. The van der Waals surface area contributed by atoms with Crippen LogP contribution in [-0.4, -0.2) is 18.3 Å². The number of aliphatic hydroxyl groups is 1. The summed E-state index contributed by atoms with van der Waals surface area (Å²) in [5.74, 6) is 0.198. The van der Waals surface area contributed by atoms with Gasteiger partial charge in [-0.15, -0.1) is 0 Å². The zero-order valence-corrected chi connectivity index (χ0v) is 6.86. The lowest BCUT2D eigenvalue weighted by atomic mass is 10.0. The van der Waals surface area contributed by atoms with Gasteiger partial charge in [0.25, 0.3) is 0 Å². The molecule has 64 valence electrons. The quantitative estimate of drug-likeness (QED) is 0.471. The summed E-state index contributed by atoms with van der Waals surface area (Å²) in [5.41, 5.74) is 0. The molecule has 0 saturated heterocycles. The molecule has 0 bridgehead atoms. The number of hydrogen-bond donors (Lipinski definition) is 1. The molecule has 0 aliphatic rings. The number of nitrogens with zero attached hydrogens (tertiary/aromatic N) is 1. The van der Waals surface area contributed by atoms with Crippen LogP contribution in [-0.2, 0) is 0 Å². The highest BCUT2D eigenvalue weighted by atomic mass is 16.3. The van der Waals surface area contributed by atoms with E-state index in [1.54, 1.807) is 0 Å². The van der Waals surface area contributed by atoms with Gasteiger partial charge in [-0.25, -0.2) is 0 Å². The maximum atomic E-state index is 9.75. The third-order valence-electron chi connectivity index (χ3n) is 1.59. The monoisotopic (exact) mass is 157 g/mol. The highest BCUT2D eigenvalue weighted by Gasteiger charge is 2.03. The van der Waals surface area contributed by atoms with E-state index >= 15 is 0 Å². The van der Waals surface area contributed by atoms with Crippen LogP contribution in [0.4, 0.5) is 0 Å². The van der Waals surface area contributed by atoms with Gasteiger partial charge in [-0.1, -0.05) is 17.3 Å². The van der Waals surface area contributed by atoms with Crippen LogP contribution < -0.4 is 0 Å². The third kappa shape index (κ3) is 5.73. The minimum absolute atomic E-state index is 0.139. The van der Waals surface area contributed by atoms with Crippen LogP contribution in [0, 0.1) is 10.8 Å². The fraction of sp³-hybridized carbons (Fsp3) is 0.750. The van der Waals surface area contributed by atoms with Crippen molar-refractivity contribution in [1.29, 1.82) is 0 Å². The summed E-state index contributed by atoms with van der Waals surface area (Å²) in [6.45, 7) is 2.38. The van der Waals surface area contributed by atoms with Gasteiger partial charge in [-0.2, -0.15) is 4.91 Å². The second kappa shape index (κ2) is 7.41. The lowest BCUT2D eigenvalue weighted by molar-refractivity contribution is 0.221. The molecular weight excluding hydrogens is 142 g/mol. The maximum Gasteiger partial charge on any atom is 0.0814 e. The van der Waals surface area contributed by atoms with Crippen molar-refractivity contribution < 1.29 is 5.11 Å². The molecular formula is C8H15NO2. The molecule has 0 radical (unpaired) electrons. The second-order valence-electron chi connectivity index (χ2n) is 2.49. The van der Waals surface area contributed by atoms with E-state index in [-0.39, 0.29) is 12.5 Å². The van der Waals surface area contributed by atoms with Crippen LogP contribution >= 0.6 is 0 Å². The van der Waals surface area contributed by atoms with Gasteiger partial charge in [0.1, 0.15) is 0 Å². The summed E-state index contributed by atoms with van der Waals surface area (Å²) in [4.78, 5) is 9.75. The molecule has 0 rings (SSSR count). The highest BCUT2D eigenvalue weighted by Crippen LogP contribution is 2.08. The molecule has 0 saturated carbocycles. The van der Waals surface area contributed by atoms with Gasteiger partial charge in [0.05, 0.1) is 6.54 Å². The van der Waals surface area contributed by atoms with Crippen molar-refractivity contribution >= 4 is 0 Å². The van der Waals surface area contributed by atoms with Gasteiger partial charge in [0.2, 0.25) is 0 Å². The van der Waals surface area contributed by atoms with Crippen molar-refractivity contribution in [3.63, 3.8) is 0 Å². The second-order valence-corrected chi connectivity index (χ2v) is 2.49. The lowest BCUT2D eigenvalue weighted by Gasteiger charge is -2.07. The van der Waals surface area contributed by atoms with E-state index in [9.17, 15) is 4.91 Å². The molecule has 0 aromatic carbocycles. The molecule has 1 atom stereocenters. The van der Waals surface area contributed by atoms with Gasteiger partial charge < -0.3 is 5.11 Å². The molecule has 0 aliphatic carbocycles. The van der Waals surface area contributed by atoms with Crippen molar-refractivity contribution in [3.8, 4) is 0 Å². The molecule has 0 fully saturated rings. The van der Waals surface area contributed by atoms with Crippen LogP contribution in [0.25, 0.3) is 0 Å². The van der Waals surface area contributed by atoms with Gasteiger partial charge in [-0.05, 0) is 25.7 Å². The molecule has 0 amide bonds. The van der Waals surface area contributed by atoms with Crippen molar-refractivity contribution in [1.82, 2.24) is 0 Å². The predicted octanol–water partition coefficient (Wildman–Crippen LogP) is 1.72. The highest BCUT2D eigenvalue weighted by molar-refractivity contribution is 4.80. The van der Waals surface area contributed by atoms with Crippen molar-refractivity contribution in [2.45, 2.75) is 19.8 Å². The van der Waals surface area contributed by atoms with E-state index in [2.05, 4.69) is 5.18 Å². The molecule has 1 unspecified atom stereocenters. The van der Waals surface area contributed by atoms with E-state index in [4.69, 9.17) is 5.11 Å². The Hall–Kier alpha value is -0.700. The Kier molecular flexibility index (Phi) is 6.94. The van der Waals surface area contributed by atoms with Gasteiger partial charge in [-0.3, -0.25) is 0 Å². The SMILES string of the molecule is C/C=C\CC(CO)CCN=O. The maximum absolute atomic E-state index is 9.75. The molecule has 0 spiro atoms. The topological polar surface area (TPSA) is 49.7 Å². The Morgan fingerprint density at radius 2 is 2.36 bits per heavy atom. The zero-order chi connectivity index (χ0) is 8.53.